The van der Waals surface area contributed by atoms with Crippen molar-refractivity contribution >= 4 is 28.1 Å². The van der Waals surface area contributed by atoms with Crippen LogP contribution in [0.25, 0.3) is 6.08 Å². The van der Waals surface area contributed by atoms with E-state index in [1.807, 2.05) is 66.7 Å². The molecule has 22 heavy (non-hydrogen) atoms. The highest BCUT2D eigenvalue weighted by Gasteiger charge is 2.11. The Labute approximate surface area is 138 Å². The first kappa shape index (κ1) is 16.3. The van der Waals surface area contributed by atoms with Crippen LogP contribution in [0.3, 0.4) is 0 Å². The van der Waals surface area contributed by atoms with Crippen LogP contribution in [0, 0.1) is 0 Å². The van der Waals surface area contributed by atoms with Crippen molar-refractivity contribution in [3.8, 4) is 0 Å². The first-order valence-electron chi connectivity index (χ1n) is 7.05. The van der Waals surface area contributed by atoms with Crippen LogP contribution in [-0.2, 0) is 11.2 Å². The molecule has 0 spiro atoms. The SMILES string of the molecule is NC(=O)O[C@@H](CC=Cc1cccc(Br)c1)Cc1ccccc1. The molecule has 1 amide bonds. The lowest BCUT2D eigenvalue weighted by Crippen LogP contribution is -2.24. The molecule has 0 bridgehead atoms. The quantitative estimate of drug-likeness (QED) is 0.821. The monoisotopic (exact) mass is 359 g/mol. The Hall–Kier alpha value is -2.07. The summed E-state index contributed by atoms with van der Waals surface area (Å²) < 4.78 is 6.23. The second-order valence-electron chi connectivity index (χ2n) is 4.94. The van der Waals surface area contributed by atoms with Gasteiger partial charge >= 0.3 is 6.09 Å². The number of halogens is 1. The van der Waals surface area contributed by atoms with Crippen LogP contribution >= 0.6 is 15.9 Å². The van der Waals surface area contributed by atoms with Crippen LogP contribution < -0.4 is 5.73 Å². The van der Waals surface area contributed by atoms with Gasteiger partial charge < -0.3 is 10.5 Å². The summed E-state index contributed by atoms with van der Waals surface area (Å²) in [6.45, 7) is 0. The molecule has 0 aromatic heterocycles. The molecule has 0 saturated carbocycles. The molecule has 114 valence electrons. The van der Waals surface area contributed by atoms with E-state index in [4.69, 9.17) is 10.5 Å². The van der Waals surface area contributed by atoms with E-state index in [0.29, 0.717) is 12.8 Å². The lowest BCUT2D eigenvalue weighted by molar-refractivity contribution is 0.108. The van der Waals surface area contributed by atoms with Crippen molar-refractivity contribution in [3.63, 3.8) is 0 Å². The van der Waals surface area contributed by atoms with E-state index in [-0.39, 0.29) is 6.10 Å². The molecule has 2 N–H and O–H groups in total. The Balaban J connectivity index is 1.99. The zero-order valence-corrected chi connectivity index (χ0v) is 13.7. The van der Waals surface area contributed by atoms with E-state index < -0.39 is 6.09 Å². The molecule has 0 aliphatic heterocycles. The smallest absolute Gasteiger partial charge is 0.404 e. The number of amides is 1. The average molecular weight is 360 g/mol. The molecule has 2 aromatic rings. The summed E-state index contributed by atoms with van der Waals surface area (Å²) in [7, 11) is 0. The zero-order valence-electron chi connectivity index (χ0n) is 12.1. The number of rotatable bonds is 6. The number of carbonyl (C=O) groups excluding carboxylic acids is 1. The maximum absolute atomic E-state index is 11.0. The Morgan fingerprint density at radius 2 is 1.95 bits per heavy atom. The molecule has 0 radical (unpaired) electrons. The molecule has 0 aliphatic carbocycles. The Morgan fingerprint density at radius 3 is 2.64 bits per heavy atom. The molecule has 0 aliphatic rings. The molecule has 0 unspecified atom stereocenters. The molecule has 2 rings (SSSR count). The largest absolute Gasteiger partial charge is 0.446 e. The highest BCUT2D eigenvalue weighted by Crippen LogP contribution is 2.15. The lowest BCUT2D eigenvalue weighted by atomic mass is 10.0. The van der Waals surface area contributed by atoms with Crippen LogP contribution in [-0.4, -0.2) is 12.2 Å². The van der Waals surface area contributed by atoms with Crippen LogP contribution in [0.5, 0.6) is 0 Å². The number of hydrogen-bond acceptors (Lipinski definition) is 2. The maximum atomic E-state index is 11.0. The van der Waals surface area contributed by atoms with Crippen molar-refractivity contribution in [1.29, 1.82) is 0 Å². The summed E-state index contributed by atoms with van der Waals surface area (Å²) in [5.74, 6) is 0. The van der Waals surface area contributed by atoms with E-state index in [9.17, 15) is 4.79 Å². The van der Waals surface area contributed by atoms with Crippen LogP contribution in [0.15, 0.2) is 65.1 Å². The van der Waals surface area contributed by atoms with Gasteiger partial charge in [-0.2, -0.15) is 0 Å². The van der Waals surface area contributed by atoms with Crippen LogP contribution in [0.1, 0.15) is 17.5 Å². The lowest BCUT2D eigenvalue weighted by Gasteiger charge is -2.15. The van der Waals surface area contributed by atoms with Gasteiger partial charge in [-0.1, -0.05) is 70.5 Å². The van der Waals surface area contributed by atoms with E-state index >= 15 is 0 Å². The number of nitrogens with two attached hydrogens (primary N) is 1. The van der Waals surface area contributed by atoms with Gasteiger partial charge in [0.2, 0.25) is 0 Å². The van der Waals surface area contributed by atoms with Gasteiger partial charge in [0.25, 0.3) is 0 Å². The number of carbonyl (C=O) groups is 1. The summed E-state index contributed by atoms with van der Waals surface area (Å²) in [4.78, 5) is 11.0. The second kappa shape index (κ2) is 8.39. The Kier molecular flexibility index (Phi) is 6.22. The molecule has 1 atom stereocenters. The fourth-order valence-electron chi connectivity index (χ4n) is 2.18. The predicted molar refractivity (Wildman–Crippen MR) is 92.4 cm³/mol. The van der Waals surface area contributed by atoms with Gasteiger partial charge in [-0.15, -0.1) is 0 Å². The molecule has 0 saturated heterocycles. The maximum Gasteiger partial charge on any atom is 0.404 e. The molecule has 3 nitrogen and oxygen atoms in total. The van der Waals surface area contributed by atoms with Crippen molar-refractivity contribution in [2.24, 2.45) is 5.73 Å². The standard InChI is InChI=1S/C18H18BrNO2/c19-16-10-4-8-14(12-16)9-5-11-17(22-18(20)21)13-15-6-2-1-3-7-15/h1-10,12,17H,11,13H2,(H2,20,21)/t17-/m0/s1. The van der Waals surface area contributed by atoms with Gasteiger partial charge in [-0.05, 0) is 23.3 Å². The van der Waals surface area contributed by atoms with Crippen LogP contribution in [0.2, 0.25) is 0 Å². The second-order valence-corrected chi connectivity index (χ2v) is 5.86. The van der Waals surface area contributed by atoms with Gasteiger partial charge in [0.1, 0.15) is 6.10 Å². The number of hydrogen-bond donors (Lipinski definition) is 1. The normalized spacial score (nSPS) is 12.2. The van der Waals surface area contributed by atoms with Gasteiger partial charge in [0.05, 0.1) is 0 Å². The molecule has 0 fully saturated rings. The van der Waals surface area contributed by atoms with Crippen molar-refractivity contribution in [2.45, 2.75) is 18.9 Å². The summed E-state index contributed by atoms with van der Waals surface area (Å²) in [6, 6.07) is 17.9. The highest BCUT2D eigenvalue weighted by molar-refractivity contribution is 9.10. The third kappa shape index (κ3) is 5.74. The van der Waals surface area contributed by atoms with Crippen molar-refractivity contribution in [1.82, 2.24) is 0 Å². The van der Waals surface area contributed by atoms with Gasteiger partial charge in [0.15, 0.2) is 0 Å². The van der Waals surface area contributed by atoms with E-state index in [1.54, 1.807) is 0 Å². The molecular weight excluding hydrogens is 342 g/mol. The third-order valence-electron chi connectivity index (χ3n) is 3.15. The van der Waals surface area contributed by atoms with Gasteiger partial charge in [-0.25, -0.2) is 4.79 Å². The van der Waals surface area contributed by atoms with E-state index in [1.165, 1.54) is 0 Å². The van der Waals surface area contributed by atoms with E-state index in [2.05, 4.69) is 15.9 Å². The minimum Gasteiger partial charge on any atom is -0.446 e. The fraction of sp³-hybridized carbons (Fsp3) is 0.167. The van der Waals surface area contributed by atoms with Gasteiger partial charge in [0, 0.05) is 17.3 Å². The Bertz CT molecular complexity index is 641. The molecular formula is C18H18BrNO2. The molecule has 0 heterocycles. The summed E-state index contributed by atoms with van der Waals surface area (Å²) in [6.07, 6.45) is 4.27. The zero-order chi connectivity index (χ0) is 15.8. The summed E-state index contributed by atoms with van der Waals surface area (Å²) in [5, 5.41) is 0. The summed E-state index contributed by atoms with van der Waals surface area (Å²) >= 11 is 3.44. The van der Waals surface area contributed by atoms with Crippen molar-refractivity contribution in [3.05, 3.63) is 76.3 Å². The minimum absolute atomic E-state index is 0.261. The third-order valence-corrected chi connectivity index (χ3v) is 3.64. The number of ether oxygens (including phenoxy) is 1. The van der Waals surface area contributed by atoms with E-state index in [0.717, 1.165) is 15.6 Å². The molecule has 2 aromatic carbocycles. The van der Waals surface area contributed by atoms with Crippen molar-refractivity contribution < 1.29 is 9.53 Å². The minimum atomic E-state index is -0.739. The first-order chi connectivity index (χ1) is 10.6. The van der Waals surface area contributed by atoms with Crippen molar-refractivity contribution in [2.75, 3.05) is 0 Å². The highest BCUT2D eigenvalue weighted by atomic mass is 79.9. The number of benzene rings is 2. The first-order valence-corrected chi connectivity index (χ1v) is 7.85. The topological polar surface area (TPSA) is 52.3 Å². The average Bonchev–Trinajstić information content (AvgIpc) is 2.47. The number of primary amides is 1. The Morgan fingerprint density at radius 1 is 1.18 bits per heavy atom. The van der Waals surface area contributed by atoms with Crippen LogP contribution in [0.4, 0.5) is 4.79 Å². The fourth-order valence-corrected chi connectivity index (χ4v) is 2.60. The van der Waals surface area contributed by atoms with Gasteiger partial charge in [-0.3, -0.25) is 0 Å². The predicted octanol–water partition coefficient (Wildman–Crippen LogP) is 4.56. The molecule has 4 heteroatoms. The summed E-state index contributed by atoms with van der Waals surface area (Å²) in [5.41, 5.74) is 7.36.